The molecule has 0 radical (unpaired) electrons. The van der Waals surface area contributed by atoms with Crippen molar-refractivity contribution in [3.63, 3.8) is 0 Å². The van der Waals surface area contributed by atoms with Crippen LogP contribution in [0.25, 0.3) is 0 Å². The molecule has 0 saturated carbocycles. The zero-order chi connectivity index (χ0) is 19.5. The molecule has 0 aliphatic rings. The zero-order valence-electron chi connectivity index (χ0n) is 14.4. The lowest BCUT2D eigenvalue weighted by Gasteiger charge is -2.13. The van der Waals surface area contributed by atoms with Crippen LogP contribution in [0.2, 0.25) is 0 Å². The van der Waals surface area contributed by atoms with Crippen LogP contribution in [0.5, 0.6) is 0 Å². The fraction of sp³-hybridized carbons (Fsp3) is 0.353. The number of thiazole rings is 1. The Morgan fingerprint density at radius 2 is 1.77 bits per heavy atom. The molecule has 5 nitrogen and oxygen atoms in total. The summed E-state index contributed by atoms with van der Waals surface area (Å²) in [5.74, 6) is -1.40. The van der Waals surface area contributed by atoms with Gasteiger partial charge in [0.05, 0.1) is 22.5 Å². The van der Waals surface area contributed by atoms with Crippen LogP contribution < -0.4 is 10.6 Å². The summed E-state index contributed by atoms with van der Waals surface area (Å²) in [5, 5.41) is 5.13. The number of carbonyl (C=O) groups excluding carboxylic acids is 2. The van der Waals surface area contributed by atoms with Crippen LogP contribution in [0.1, 0.15) is 45.8 Å². The number of alkyl halides is 3. The molecule has 26 heavy (non-hydrogen) atoms. The maximum absolute atomic E-state index is 12.4. The Balaban J connectivity index is 2.16. The lowest BCUT2D eigenvalue weighted by Crippen LogP contribution is -2.34. The van der Waals surface area contributed by atoms with E-state index >= 15 is 0 Å². The van der Waals surface area contributed by atoms with Crippen molar-refractivity contribution >= 4 is 28.8 Å². The molecule has 1 heterocycles. The van der Waals surface area contributed by atoms with Crippen LogP contribution >= 0.6 is 11.3 Å². The van der Waals surface area contributed by atoms with Gasteiger partial charge in [-0.25, -0.2) is 4.98 Å². The fourth-order valence-corrected chi connectivity index (χ4v) is 2.84. The minimum Gasteiger partial charge on any atom is -0.343 e. The third kappa shape index (κ3) is 5.29. The number of nitrogens with one attached hydrogen (secondary N) is 2. The number of halogens is 3. The predicted molar refractivity (Wildman–Crippen MR) is 93.6 cm³/mol. The summed E-state index contributed by atoms with van der Waals surface area (Å²) in [6.07, 6.45) is -3.08. The molecule has 0 aliphatic heterocycles. The van der Waals surface area contributed by atoms with E-state index in [2.05, 4.69) is 10.3 Å². The normalized spacial score (nSPS) is 11.9. The smallest absolute Gasteiger partial charge is 0.343 e. The Bertz CT molecular complexity index is 810. The second-order valence-corrected chi connectivity index (χ2v) is 7.61. The van der Waals surface area contributed by atoms with E-state index in [1.807, 2.05) is 20.8 Å². The first-order chi connectivity index (χ1) is 12.0. The van der Waals surface area contributed by atoms with E-state index in [9.17, 15) is 22.8 Å². The highest BCUT2D eigenvalue weighted by Gasteiger charge is 2.28. The standard InChI is InChI=1S/C17H18F3N3O2S/c1-16(2,3)15-21-8-12(26-15)14(25)23-11-7-5-4-6-10(11)13(24)22-9-17(18,19)20/h4-8H,9H2,1-3H3,(H,22,24)(H,23,25). The maximum Gasteiger partial charge on any atom is 0.405 e. The Kier molecular flexibility index (Phi) is 5.70. The highest BCUT2D eigenvalue weighted by Crippen LogP contribution is 2.27. The number of nitrogens with zero attached hydrogens (tertiary/aromatic N) is 1. The molecular weight excluding hydrogens is 367 g/mol. The molecule has 140 valence electrons. The molecule has 0 atom stereocenters. The minimum absolute atomic E-state index is 0.0503. The average molecular weight is 385 g/mol. The van der Waals surface area contributed by atoms with E-state index in [0.29, 0.717) is 4.88 Å². The molecule has 0 spiro atoms. The van der Waals surface area contributed by atoms with Gasteiger partial charge in [-0.15, -0.1) is 11.3 Å². The minimum atomic E-state index is -4.51. The van der Waals surface area contributed by atoms with Crippen LogP contribution in [0.4, 0.5) is 18.9 Å². The van der Waals surface area contributed by atoms with Gasteiger partial charge in [-0.2, -0.15) is 13.2 Å². The zero-order valence-corrected chi connectivity index (χ0v) is 15.2. The van der Waals surface area contributed by atoms with E-state index in [4.69, 9.17) is 0 Å². The van der Waals surface area contributed by atoms with Crippen molar-refractivity contribution in [2.24, 2.45) is 0 Å². The van der Waals surface area contributed by atoms with E-state index in [1.165, 1.54) is 35.7 Å². The van der Waals surface area contributed by atoms with Crippen LogP contribution in [-0.2, 0) is 5.41 Å². The summed E-state index contributed by atoms with van der Waals surface area (Å²) in [7, 11) is 0. The fourth-order valence-electron chi connectivity index (χ4n) is 1.98. The number of hydrogen-bond acceptors (Lipinski definition) is 4. The number of benzene rings is 1. The molecular formula is C17H18F3N3O2S. The molecule has 0 aliphatic carbocycles. The first-order valence-corrected chi connectivity index (χ1v) is 8.50. The summed E-state index contributed by atoms with van der Waals surface area (Å²) < 4.78 is 36.8. The van der Waals surface area contributed by atoms with Crippen molar-refractivity contribution in [1.29, 1.82) is 0 Å². The lowest BCUT2D eigenvalue weighted by atomic mass is 9.98. The topological polar surface area (TPSA) is 71.1 Å². The molecule has 1 aromatic carbocycles. The number of aromatic nitrogens is 1. The van der Waals surface area contributed by atoms with Crippen LogP contribution in [0.3, 0.4) is 0 Å². The summed E-state index contributed by atoms with van der Waals surface area (Å²) in [6, 6.07) is 5.87. The second-order valence-electron chi connectivity index (χ2n) is 6.58. The molecule has 0 saturated heterocycles. The van der Waals surface area contributed by atoms with Crippen molar-refractivity contribution in [3.8, 4) is 0 Å². The third-order valence-electron chi connectivity index (χ3n) is 3.24. The van der Waals surface area contributed by atoms with Gasteiger partial charge in [0, 0.05) is 5.41 Å². The Morgan fingerprint density at radius 1 is 1.12 bits per heavy atom. The number of anilines is 1. The number of carbonyl (C=O) groups is 2. The molecule has 2 amide bonds. The van der Waals surface area contributed by atoms with Gasteiger partial charge in [-0.1, -0.05) is 32.9 Å². The predicted octanol–water partition coefficient (Wildman–Crippen LogP) is 3.99. The second kappa shape index (κ2) is 7.45. The van der Waals surface area contributed by atoms with E-state index in [0.717, 1.165) is 5.01 Å². The van der Waals surface area contributed by atoms with Gasteiger partial charge in [0.1, 0.15) is 11.4 Å². The van der Waals surface area contributed by atoms with Gasteiger partial charge in [0.2, 0.25) is 0 Å². The monoisotopic (exact) mass is 385 g/mol. The maximum atomic E-state index is 12.4. The Hall–Kier alpha value is -2.42. The van der Waals surface area contributed by atoms with Gasteiger partial charge in [-0.05, 0) is 12.1 Å². The summed E-state index contributed by atoms with van der Waals surface area (Å²) in [6.45, 7) is 4.45. The average Bonchev–Trinajstić information content (AvgIpc) is 3.03. The number of amides is 2. The van der Waals surface area contributed by atoms with Crippen molar-refractivity contribution in [2.75, 3.05) is 11.9 Å². The molecule has 2 rings (SSSR count). The SMILES string of the molecule is CC(C)(C)c1ncc(C(=O)Nc2ccccc2C(=O)NCC(F)(F)F)s1. The summed E-state index contributed by atoms with van der Waals surface area (Å²) >= 11 is 1.22. The highest BCUT2D eigenvalue weighted by molar-refractivity contribution is 7.13. The van der Waals surface area contributed by atoms with E-state index in [1.54, 1.807) is 11.4 Å². The number of hydrogen-bond donors (Lipinski definition) is 2. The summed E-state index contributed by atoms with van der Waals surface area (Å²) in [4.78, 5) is 29.0. The molecule has 2 N–H and O–H groups in total. The van der Waals surface area contributed by atoms with E-state index in [-0.39, 0.29) is 16.7 Å². The van der Waals surface area contributed by atoms with E-state index < -0.39 is 24.5 Å². The molecule has 1 aromatic heterocycles. The van der Waals surface area contributed by atoms with Crippen molar-refractivity contribution in [3.05, 3.63) is 45.9 Å². The van der Waals surface area contributed by atoms with Crippen molar-refractivity contribution in [1.82, 2.24) is 10.3 Å². The first-order valence-electron chi connectivity index (χ1n) is 7.69. The molecule has 0 unspecified atom stereocenters. The highest BCUT2D eigenvalue weighted by atomic mass is 32.1. The third-order valence-corrected chi connectivity index (χ3v) is 4.66. The Morgan fingerprint density at radius 3 is 2.35 bits per heavy atom. The van der Waals surface area contributed by atoms with Crippen LogP contribution in [-0.4, -0.2) is 29.5 Å². The van der Waals surface area contributed by atoms with Gasteiger partial charge < -0.3 is 10.6 Å². The largest absolute Gasteiger partial charge is 0.405 e. The molecule has 9 heteroatoms. The van der Waals surface area contributed by atoms with Crippen molar-refractivity contribution in [2.45, 2.75) is 32.4 Å². The van der Waals surface area contributed by atoms with Crippen molar-refractivity contribution < 1.29 is 22.8 Å². The quantitative estimate of drug-likeness (QED) is 0.836. The first kappa shape index (κ1) is 19.9. The summed E-state index contributed by atoms with van der Waals surface area (Å²) in [5.41, 5.74) is -0.132. The van der Waals surface area contributed by atoms with Crippen LogP contribution in [0.15, 0.2) is 30.5 Å². The van der Waals surface area contributed by atoms with Gasteiger partial charge >= 0.3 is 6.18 Å². The van der Waals surface area contributed by atoms with Gasteiger partial charge in [0.25, 0.3) is 11.8 Å². The lowest BCUT2D eigenvalue weighted by molar-refractivity contribution is -0.123. The van der Waals surface area contributed by atoms with Crippen LogP contribution in [0, 0.1) is 0 Å². The molecule has 0 bridgehead atoms. The number of rotatable bonds is 4. The number of para-hydroxylation sites is 1. The van der Waals surface area contributed by atoms with Gasteiger partial charge in [0.15, 0.2) is 0 Å². The molecule has 0 fully saturated rings. The molecule has 2 aromatic rings. The Labute approximate surface area is 152 Å². The van der Waals surface area contributed by atoms with Gasteiger partial charge in [-0.3, -0.25) is 9.59 Å².